The van der Waals surface area contributed by atoms with Crippen molar-refractivity contribution in [2.45, 2.75) is 151 Å². The number of phenols is 2. The van der Waals surface area contributed by atoms with Gasteiger partial charge < -0.3 is 63.6 Å². The van der Waals surface area contributed by atoms with Crippen LogP contribution in [-0.4, -0.2) is 142 Å². The number of methoxy groups -OCH3 is 1. The van der Waals surface area contributed by atoms with Gasteiger partial charge in [-0.15, -0.1) is 0 Å². The summed E-state index contributed by atoms with van der Waals surface area (Å²) in [5.74, 6) is -4.58. The van der Waals surface area contributed by atoms with E-state index in [1.165, 1.54) is 31.4 Å². The fraction of sp³-hybridized carbons (Fsp3) is 0.643. The molecule has 14 atom stereocenters. The molecule has 318 valence electrons. The molecule has 3 heterocycles. The Balaban J connectivity index is 1.13. The highest BCUT2D eigenvalue weighted by Gasteiger charge is 2.53. The quantitative estimate of drug-likeness (QED) is 0.196. The maximum atomic E-state index is 13.9. The number of hydrogen-bond donors (Lipinski definition) is 5. The molecule has 3 saturated heterocycles. The van der Waals surface area contributed by atoms with Crippen LogP contribution in [0.1, 0.15) is 121 Å². The molecule has 3 aliphatic heterocycles. The van der Waals surface area contributed by atoms with E-state index < -0.39 is 108 Å². The number of aliphatic hydroxyl groups is 3. The van der Waals surface area contributed by atoms with Gasteiger partial charge in [0.1, 0.15) is 29.6 Å². The minimum atomic E-state index is -1.75. The third kappa shape index (κ3) is 7.57. The number of carbonyl (C=O) groups is 3. The summed E-state index contributed by atoms with van der Waals surface area (Å²) in [5, 5.41) is 55.9. The lowest BCUT2D eigenvalue weighted by Crippen LogP contribution is -2.58. The molecule has 16 nitrogen and oxygen atoms in total. The molecule has 3 fully saturated rings. The van der Waals surface area contributed by atoms with Crippen LogP contribution >= 0.6 is 0 Å². The third-order valence-electron chi connectivity index (χ3n) is 12.6. The second kappa shape index (κ2) is 16.5. The van der Waals surface area contributed by atoms with Crippen LogP contribution in [-0.2, 0) is 38.0 Å². The minimum absolute atomic E-state index is 0.0305. The number of ether oxygens (including phenoxy) is 7. The van der Waals surface area contributed by atoms with Crippen LogP contribution in [0.4, 0.5) is 0 Å². The lowest BCUT2D eigenvalue weighted by molar-refractivity contribution is -0.328. The Kier molecular flexibility index (Phi) is 12.1. The van der Waals surface area contributed by atoms with Gasteiger partial charge in [-0.3, -0.25) is 14.4 Å². The standard InChI is InChI=1S/C42H55NO15/c1-8-42(51)17-28(33-22(35(42)41(50)52-7)14-23-34(38(33)49)37(48)32-21(36(23)47)10-9-11-26(32)45)56-30-15-24(43(5)6)39(19(3)54-30)58-31-16-27(46)40(20(4)55-31)57-29-13-12-25(44)18(2)53-29/h9-11,14,18-20,24-25,27-31,35,39-40,44-46,49,51H,8,12-13,15-17H2,1-7H3/t18-,19-,20-,24+,25+,27+,28+,29-,30-,31-,35+,39+,40+,42-/m1/s1. The molecule has 0 unspecified atom stereocenters. The molecule has 2 aromatic carbocycles. The number of hydrogen-bond acceptors (Lipinski definition) is 16. The first-order chi connectivity index (χ1) is 27.5. The fourth-order valence-corrected chi connectivity index (χ4v) is 9.38. The molecular formula is C42H55NO15. The van der Waals surface area contributed by atoms with E-state index in [0.717, 1.165) is 0 Å². The lowest BCUT2D eigenvalue weighted by atomic mass is 9.67. The molecule has 16 heteroatoms. The molecule has 0 aromatic heterocycles. The Bertz CT molecular complexity index is 1890. The van der Waals surface area contributed by atoms with Crippen molar-refractivity contribution in [3.63, 3.8) is 0 Å². The Morgan fingerprint density at radius 2 is 1.50 bits per heavy atom. The monoisotopic (exact) mass is 813 g/mol. The highest BCUT2D eigenvalue weighted by Crippen LogP contribution is 2.54. The summed E-state index contributed by atoms with van der Waals surface area (Å²) in [6.45, 7) is 7.08. The fourth-order valence-electron chi connectivity index (χ4n) is 9.38. The molecule has 5 N–H and O–H groups in total. The number of ketones is 2. The topological polar surface area (TPSA) is 220 Å². The normalized spacial score (nSPS) is 37.5. The number of esters is 1. The van der Waals surface area contributed by atoms with Crippen molar-refractivity contribution in [1.29, 1.82) is 0 Å². The predicted molar refractivity (Wildman–Crippen MR) is 202 cm³/mol. The number of aromatic hydroxyl groups is 2. The first-order valence-electron chi connectivity index (χ1n) is 20.0. The zero-order chi connectivity index (χ0) is 42.0. The second-order valence-corrected chi connectivity index (χ2v) is 16.5. The smallest absolute Gasteiger partial charge is 0.316 e. The number of phenolic OH excluding ortho intramolecular Hbond substituents is 2. The van der Waals surface area contributed by atoms with Crippen LogP contribution in [0, 0.1) is 0 Å². The molecule has 2 aromatic rings. The third-order valence-corrected chi connectivity index (χ3v) is 12.6. The van der Waals surface area contributed by atoms with Gasteiger partial charge in [0.15, 0.2) is 24.7 Å². The van der Waals surface area contributed by atoms with Gasteiger partial charge >= 0.3 is 5.97 Å². The number of rotatable bonds is 9. The van der Waals surface area contributed by atoms with Gasteiger partial charge in [-0.05, 0) is 65.4 Å². The lowest BCUT2D eigenvalue weighted by Gasteiger charge is -2.48. The van der Waals surface area contributed by atoms with E-state index >= 15 is 0 Å². The van der Waals surface area contributed by atoms with E-state index in [-0.39, 0.29) is 65.1 Å². The molecule has 0 bridgehead atoms. The Labute approximate surface area is 336 Å². The van der Waals surface area contributed by atoms with E-state index in [0.29, 0.717) is 12.8 Å². The highest BCUT2D eigenvalue weighted by molar-refractivity contribution is 6.30. The number of fused-ring (bicyclic) bond motifs is 3. The van der Waals surface area contributed by atoms with Crippen molar-refractivity contribution < 1.29 is 73.1 Å². The zero-order valence-electron chi connectivity index (χ0n) is 33.8. The minimum Gasteiger partial charge on any atom is -0.507 e. The Hall–Kier alpha value is -3.55. The van der Waals surface area contributed by atoms with Crippen molar-refractivity contribution in [1.82, 2.24) is 4.90 Å². The van der Waals surface area contributed by atoms with Crippen molar-refractivity contribution in [2.24, 2.45) is 0 Å². The number of aliphatic hydroxyl groups excluding tert-OH is 2. The van der Waals surface area contributed by atoms with Gasteiger partial charge in [-0.2, -0.15) is 0 Å². The van der Waals surface area contributed by atoms with Crippen LogP contribution in [0.15, 0.2) is 24.3 Å². The molecule has 0 amide bonds. The van der Waals surface area contributed by atoms with Crippen LogP contribution in [0.3, 0.4) is 0 Å². The Morgan fingerprint density at radius 3 is 2.14 bits per heavy atom. The molecule has 58 heavy (non-hydrogen) atoms. The molecule has 0 radical (unpaired) electrons. The van der Waals surface area contributed by atoms with Gasteiger partial charge in [0.05, 0.1) is 60.5 Å². The molecule has 2 aliphatic carbocycles. The van der Waals surface area contributed by atoms with Crippen LogP contribution in [0.2, 0.25) is 0 Å². The maximum absolute atomic E-state index is 13.9. The molecule has 5 aliphatic rings. The summed E-state index contributed by atoms with van der Waals surface area (Å²) in [7, 11) is 4.93. The van der Waals surface area contributed by atoms with Crippen molar-refractivity contribution in [2.75, 3.05) is 21.2 Å². The van der Waals surface area contributed by atoms with Gasteiger partial charge in [0.2, 0.25) is 5.78 Å². The van der Waals surface area contributed by atoms with Crippen molar-refractivity contribution in [3.8, 4) is 11.5 Å². The zero-order valence-corrected chi connectivity index (χ0v) is 33.8. The van der Waals surface area contributed by atoms with Crippen molar-refractivity contribution >= 4 is 17.5 Å². The average Bonchev–Trinajstić information content (AvgIpc) is 3.17. The number of likely N-dealkylation sites (N-methyl/N-ethyl adjacent to an activating group) is 1. The molecule has 0 saturated carbocycles. The van der Waals surface area contributed by atoms with E-state index in [1.54, 1.807) is 20.8 Å². The van der Waals surface area contributed by atoms with Crippen molar-refractivity contribution in [3.05, 3.63) is 57.6 Å². The summed E-state index contributed by atoms with van der Waals surface area (Å²) < 4.78 is 42.8. The van der Waals surface area contributed by atoms with Gasteiger partial charge in [0, 0.05) is 48.4 Å². The van der Waals surface area contributed by atoms with Crippen LogP contribution in [0.5, 0.6) is 11.5 Å². The number of benzene rings is 2. The largest absolute Gasteiger partial charge is 0.507 e. The first-order valence-corrected chi connectivity index (χ1v) is 20.0. The Morgan fingerprint density at radius 1 is 0.845 bits per heavy atom. The summed E-state index contributed by atoms with van der Waals surface area (Å²) >= 11 is 0. The molecular weight excluding hydrogens is 758 g/mol. The van der Waals surface area contributed by atoms with Gasteiger partial charge in [0.25, 0.3) is 0 Å². The van der Waals surface area contributed by atoms with E-state index in [1.807, 2.05) is 25.9 Å². The van der Waals surface area contributed by atoms with Crippen LogP contribution in [0.25, 0.3) is 0 Å². The van der Waals surface area contributed by atoms with Gasteiger partial charge in [-0.25, -0.2) is 0 Å². The summed E-state index contributed by atoms with van der Waals surface area (Å²) in [5.41, 5.74) is -2.47. The number of carbonyl (C=O) groups excluding carboxylic acids is 3. The molecule has 7 rings (SSSR count). The predicted octanol–water partition coefficient (Wildman–Crippen LogP) is 2.95. The van der Waals surface area contributed by atoms with E-state index in [9.17, 15) is 39.9 Å². The average molecular weight is 814 g/mol. The van der Waals surface area contributed by atoms with Gasteiger partial charge in [-0.1, -0.05) is 19.1 Å². The number of nitrogens with zero attached hydrogens (tertiary/aromatic N) is 1. The summed E-state index contributed by atoms with van der Waals surface area (Å²) in [6, 6.07) is 5.12. The highest BCUT2D eigenvalue weighted by atomic mass is 16.7. The SMILES string of the molecule is CC[C@@]1(O)C[C@H](O[C@@H]2C[C@H](N(C)C)[C@@H](O[C@@H]3C[C@H](O)[C@@H](O[C@@H]4CC[C@H](O)[C@@H](C)O4)[C@@H](C)O3)[C@@H](C)O2)c2c(cc3c(c2O)C(=O)c2c(O)cccc2C3=O)[C@H]1C(=O)OC. The van der Waals surface area contributed by atoms with E-state index in [2.05, 4.69) is 0 Å². The van der Waals surface area contributed by atoms with E-state index in [4.69, 9.17) is 33.2 Å². The second-order valence-electron chi connectivity index (χ2n) is 16.5. The maximum Gasteiger partial charge on any atom is 0.316 e. The summed E-state index contributed by atoms with van der Waals surface area (Å²) in [6.07, 6.45) is -6.52. The summed E-state index contributed by atoms with van der Waals surface area (Å²) in [4.78, 5) is 43.1. The van der Waals surface area contributed by atoms with Crippen LogP contribution < -0.4 is 0 Å². The molecule has 0 spiro atoms. The first kappa shape index (κ1) is 42.6.